The van der Waals surface area contributed by atoms with Crippen molar-refractivity contribution in [3.8, 4) is 0 Å². The fourth-order valence-electron chi connectivity index (χ4n) is 2.45. The second-order valence-electron chi connectivity index (χ2n) is 4.98. The quantitative estimate of drug-likeness (QED) is 0.575. The number of esters is 2. The number of rotatable bonds is 8. The summed E-state index contributed by atoms with van der Waals surface area (Å²) in [7, 11) is 0. The molecule has 0 amide bonds. The van der Waals surface area contributed by atoms with Crippen molar-refractivity contribution < 1.29 is 19.1 Å². The van der Waals surface area contributed by atoms with Gasteiger partial charge in [-0.2, -0.15) is 0 Å². The van der Waals surface area contributed by atoms with Crippen LogP contribution in [0, 0.1) is 0 Å². The second kappa shape index (κ2) is 8.33. The molecule has 2 rings (SSSR count). The van der Waals surface area contributed by atoms with Gasteiger partial charge in [0.2, 0.25) is 0 Å². The van der Waals surface area contributed by atoms with Gasteiger partial charge in [0.25, 0.3) is 0 Å². The molecule has 0 aliphatic rings. The first-order valence-electron chi connectivity index (χ1n) is 7.80. The number of hydrogen-bond acceptors (Lipinski definition) is 5. The van der Waals surface area contributed by atoms with E-state index in [1.807, 2.05) is 24.3 Å². The Hall–Kier alpha value is -2.34. The molecule has 0 unspecified atom stereocenters. The van der Waals surface area contributed by atoms with Gasteiger partial charge in [-0.25, -0.2) is 4.79 Å². The molecule has 0 radical (unpaired) electrons. The maximum absolute atomic E-state index is 12.1. The Morgan fingerprint density at radius 3 is 2.61 bits per heavy atom. The van der Waals surface area contributed by atoms with Gasteiger partial charge in [0, 0.05) is 10.9 Å². The minimum absolute atomic E-state index is 0.158. The molecule has 1 aromatic carbocycles. The summed E-state index contributed by atoms with van der Waals surface area (Å²) in [5.41, 5.74) is 2.28. The van der Waals surface area contributed by atoms with Crippen LogP contribution in [0.25, 0.3) is 10.9 Å². The van der Waals surface area contributed by atoms with Gasteiger partial charge in [0.05, 0.1) is 19.8 Å². The number of hydrogen-bond donors (Lipinski definition) is 2. The van der Waals surface area contributed by atoms with E-state index in [1.54, 1.807) is 13.8 Å². The smallest absolute Gasteiger partial charge is 0.355 e. The molecule has 0 aliphatic carbocycles. The van der Waals surface area contributed by atoms with Crippen molar-refractivity contribution in [3.05, 3.63) is 35.5 Å². The minimum atomic E-state index is -0.357. The Morgan fingerprint density at radius 1 is 1.13 bits per heavy atom. The number of aromatic nitrogens is 1. The van der Waals surface area contributed by atoms with E-state index in [2.05, 4.69) is 10.3 Å². The van der Waals surface area contributed by atoms with Crippen LogP contribution in [0.3, 0.4) is 0 Å². The van der Waals surface area contributed by atoms with Crippen LogP contribution in [-0.4, -0.2) is 43.2 Å². The second-order valence-corrected chi connectivity index (χ2v) is 4.98. The lowest BCUT2D eigenvalue weighted by molar-refractivity contribution is -0.141. The van der Waals surface area contributed by atoms with E-state index in [9.17, 15) is 9.59 Å². The van der Waals surface area contributed by atoms with Crippen molar-refractivity contribution in [2.24, 2.45) is 0 Å². The highest BCUT2D eigenvalue weighted by atomic mass is 16.5. The van der Waals surface area contributed by atoms with Crippen LogP contribution in [-0.2, 0) is 20.7 Å². The number of carbonyl (C=O) groups is 2. The van der Waals surface area contributed by atoms with Crippen molar-refractivity contribution in [2.45, 2.75) is 20.3 Å². The van der Waals surface area contributed by atoms with E-state index in [4.69, 9.17) is 9.47 Å². The molecule has 0 bridgehead atoms. The average molecular weight is 318 g/mol. The van der Waals surface area contributed by atoms with E-state index < -0.39 is 0 Å². The number of nitrogens with one attached hydrogen (secondary N) is 2. The standard InChI is InChI=1S/C17H22N2O4/c1-3-22-15(20)11-18-10-9-13-12-7-5-6-8-14(12)19-16(13)17(21)23-4-2/h5-8,18-19H,3-4,9-11H2,1-2H3. The van der Waals surface area contributed by atoms with E-state index in [0.717, 1.165) is 16.5 Å². The number of aromatic amines is 1. The zero-order chi connectivity index (χ0) is 16.7. The predicted molar refractivity (Wildman–Crippen MR) is 87.5 cm³/mol. The number of ether oxygens (including phenoxy) is 2. The first-order valence-corrected chi connectivity index (χ1v) is 7.80. The highest BCUT2D eigenvalue weighted by Gasteiger charge is 2.18. The molecule has 0 spiro atoms. The lowest BCUT2D eigenvalue weighted by Crippen LogP contribution is -2.26. The highest BCUT2D eigenvalue weighted by molar-refractivity contribution is 5.98. The molecule has 6 nitrogen and oxygen atoms in total. The lowest BCUT2D eigenvalue weighted by Gasteiger charge is -2.06. The zero-order valence-corrected chi connectivity index (χ0v) is 13.5. The topological polar surface area (TPSA) is 80.4 Å². The monoisotopic (exact) mass is 318 g/mol. The van der Waals surface area contributed by atoms with Crippen molar-refractivity contribution in [1.29, 1.82) is 0 Å². The van der Waals surface area contributed by atoms with Gasteiger partial charge in [-0.05, 0) is 38.4 Å². The van der Waals surface area contributed by atoms with Crippen molar-refractivity contribution in [1.82, 2.24) is 10.3 Å². The molecule has 0 saturated heterocycles. The summed E-state index contributed by atoms with van der Waals surface area (Å²) in [5, 5.41) is 4.02. The third-order valence-electron chi connectivity index (χ3n) is 3.42. The first-order chi connectivity index (χ1) is 11.2. The van der Waals surface area contributed by atoms with Gasteiger partial charge in [-0.3, -0.25) is 4.79 Å². The van der Waals surface area contributed by atoms with Crippen LogP contribution in [0.15, 0.2) is 24.3 Å². The molecule has 0 saturated carbocycles. The van der Waals surface area contributed by atoms with Crippen molar-refractivity contribution in [3.63, 3.8) is 0 Å². The first kappa shape index (κ1) is 17.0. The number of benzene rings is 1. The number of para-hydroxylation sites is 1. The Balaban J connectivity index is 2.09. The number of H-pyrrole nitrogens is 1. The summed E-state index contributed by atoms with van der Waals surface area (Å²) < 4.78 is 9.97. The summed E-state index contributed by atoms with van der Waals surface area (Å²) in [4.78, 5) is 26.6. The molecular formula is C17H22N2O4. The number of fused-ring (bicyclic) bond motifs is 1. The Bertz CT molecular complexity index is 678. The van der Waals surface area contributed by atoms with E-state index in [-0.39, 0.29) is 18.5 Å². The van der Waals surface area contributed by atoms with Crippen molar-refractivity contribution in [2.75, 3.05) is 26.3 Å². The Morgan fingerprint density at radius 2 is 1.87 bits per heavy atom. The third kappa shape index (κ3) is 4.32. The van der Waals surface area contributed by atoms with Crippen LogP contribution in [0.5, 0.6) is 0 Å². The fourth-order valence-corrected chi connectivity index (χ4v) is 2.45. The van der Waals surface area contributed by atoms with Crippen LogP contribution in [0.2, 0.25) is 0 Å². The summed E-state index contributed by atoms with van der Waals surface area (Å²) in [6, 6.07) is 7.74. The minimum Gasteiger partial charge on any atom is -0.465 e. The third-order valence-corrected chi connectivity index (χ3v) is 3.42. The predicted octanol–water partition coefficient (Wildman–Crippen LogP) is 2.04. The molecule has 0 aliphatic heterocycles. The molecular weight excluding hydrogens is 296 g/mol. The zero-order valence-electron chi connectivity index (χ0n) is 13.5. The largest absolute Gasteiger partial charge is 0.465 e. The van der Waals surface area contributed by atoms with Crippen LogP contribution in [0.4, 0.5) is 0 Å². The van der Waals surface area contributed by atoms with Crippen molar-refractivity contribution >= 4 is 22.8 Å². The van der Waals surface area contributed by atoms with Gasteiger partial charge in [-0.1, -0.05) is 18.2 Å². The Kier molecular flexibility index (Phi) is 6.17. The summed E-state index contributed by atoms with van der Waals surface area (Å²) in [6.45, 7) is 4.97. The number of carbonyl (C=O) groups excluding carboxylic acids is 2. The highest BCUT2D eigenvalue weighted by Crippen LogP contribution is 2.23. The van der Waals surface area contributed by atoms with E-state index in [1.165, 1.54) is 0 Å². The fraction of sp³-hybridized carbons (Fsp3) is 0.412. The maximum Gasteiger partial charge on any atom is 0.355 e. The van der Waals surface area contributed by atoms with E-state index in [0.29, 0.717) is 31.9 Å². The van der Waals surface area contributed by atoms with Gasteiger partial charge in [0.1, 0.15) is 5.69 Å². The van der Waals surface area contributed by atoms with Crippen LogP contribution >= 0.6 is 0 Å². The maximum atomic E-state index is 12.1. The lowest BCUT2D eigenvalue weighted by atomic mass is 10.1. The molecule has 0 atom stereocenters. The molecule has 2 aromatic rings. The normalized spacial score (nSPS) is 10.7. The molecule has 6 heteroatoms. The summed E-state index contributed by atoms with van der Waals surface area (Å²) in [6.07, 6.45) is 0.609. The molecule has 23 heavy (non-hydrogen) atoms. The van der Waals surface area contributed by atoms with Gasteiger partial charge < -0.3 is 19.8 Å². The van der Waals surface area contributed by atoms with Gasteiger partial charge >= 0.3 is 11.9 Å². The van der Waals surface area contributed by atoms with Crippen LogP contribution < -0.4 is 5.32 Å². The van der Waals surface area contributed by atoms with Gasteiger partial charge in [-0.15, -0.1) is 0 Å². The molecule has 1 aromatic heterocycles. The SMILES string of the molecule is CCOC(=O)CNCCc1c(C(=O)OCC)[nH]c2ccccc12. The molecule has 1 heterocycles. The van der Waals surface area contributed by atoms with Crippen LogP contribution in [0.1, 0.15) is 29.9 Å². The average Bonchev–Trinajstić information content (AvgIpc) is 2.91. The van der Waals surface area contributed by atoms with E-state index >= 15 is 0 Å². The summed E-state index contributed by atoms with van der Waals surface area (Å²) in [5.74, 6) is -0.638. The van der Waals surface area contributed by atoms with Gasteiger partial charge in [0.15, 0.2) is 0 Å². The Labute approximate surface area is 135 Å². The molecule has 0 fully saturated rings. The molecule has 124 valence electrons. The molecule has 2 N–H and O–H groups in total. The summed E-state index contributed by atoms with van der Waals surface area (Å²) >= 11 is 0.